The molecule has 2 heterocycles. The van der Waals surface area contributed by atoms with Gasteiger partial charge in [0.1, 0.15) is 11.5 Å². The fourth-order valence-electron chi connectivity index (χ4n) is 3.27. The number of likely N-dealkylation sites (tertiary alicyclic amines) is 1. The van der Waals surface area contributed by atoms with Crippen molar-refractivity contribution in [3.05, 3.63) is 23.7 Å². The predicted octanol–water partition coefficient (Wildman–Crippen LogP) is 2.43. The Morgan fingerprint density at radius 2 is 2.04 bits per heavy atom. The van der Waals surface area contributed by atoms with Gasteiger partial charge in [-0.05, 0) is 57.3 Å². The standard InChI is InChI=1S/C18H31N3O3/c1-13(2)10-15(12-22)20-18(23)19-11-16(21-8-4-5-9-21)17-7-6-14(3)24-17/h6-7,13,15-16,22H,4-5,8-12H2,1-3H3,(H2,19,20,23). The number of hydrogen-bond donors (Lipinski definition) is 3. The van der Waals surface area contributed by atoms with Gasteiger partial charge in [-0.1, -0.05) is 13.8 Å². The number of amides is 2. The Morgan fingerprint density at radius 1 is 1.33 bits per heavy atom. The van der Waals surface area contributed by atoms with E-state index >= 15 is 0 Å². The second-order valence-corrected chi connectivity index (χ2v) is 7.07. The molecule has 2 amide bonds. The summed E-state index contributed by atoms with van der Waals surface area (Å²) < 4.78 is 5.79. The van der Waals surface area contributed by atoms with Gasteiger partial charge in [0.2, 0.25) is 0 Å². The van der Waals surface area contributed by atoms with E-state index in [1.807, 2.05) is 19.1 Å². The molecule has 1 saturated heterocycles. The number of aryl methyl sites for hydroxylation is 1. The molecule has 136 valence electrons. The van der Waals surface area contributed by atoms with E-state index in [9.17, 15) is 9.90 Å². The molecule has 1 fully saturated rings. The molecule has 0 spiro atoms. The number of carbonyl (C=O) groups excluding carboxylic acids is 1. The number of carbonyl (C=O) groups is 1. The molecule has 0 bridgehead atoms. The Kier molecular flexibility index (Phi) is 7.12. The van der Waals surface area contributed by atoms with E-state index in [1.165, 1.54) is 12.8 Å². The van der Waals surface area contributed by atoms with Crippen molar-refractivity contribution in [3.63, 3.8) is 0 Å². The summed E-state index contributed by atoms with van der Waals surface area (Å²) in [5.41, 5.74) is 0. The van der Waals surface area contributed by atoms with Crippen molar-refractivity contribution in [1.29, 1.82) is 0 Å². The summed E-state index contributed by atoms with van der Waals surface area (Å²) in [5.74, 6) is 2.21. The largest absolute Gasteiger partial charge is 0.465 e. The molecule has 2 rings (SSSR count). The topological polar surface area (TPSA) is 77.7 Å². The summed E-state index contributed by atoms with van der Waals surface area (Å²) in [6.45, 7) is 8.59. The molecule has 2 unspecified atom stereocenters. The maximum Gasteiger partial charge on any atom is 0.315 e. The lowest BCUT2D eigenvalue weighted by molar-refractivity contribution is 0.191. The number of aliphatic hydroxyl groups excluding tert-OH is 1. The number of furan rings is 1. The van der Waals surface area contributed by atoms with Crippen LogP contribution >= 0.6 is 0 Å². The van der Waals surface area contributed by atoms with Crippen LogP contribution in [0.2, 0.25) is 0 Å². The molecule has 0 aromatic carbocycles. The van der Waals surface area contributed by atoms with Gasteiger partial charge in [-0.25, -0.2) is 4.79 Å². The minimum absolute atomic E-state index is 0.0431. The Morgan fingerprint density at radius 3 is 2.58 bits per heavy atom. The molecule has 6 nitrogen and oxygen atoms in total. The van der Waals surface area contributed by atoms with E-state index in [2.05, 4.69) is 29.4 Å². The van der Waals surface area contributed by atoms with Crippen LogP contribution in [0.25, 0.3) is 0 Å². The van der Waals surface area contributed by atoms with Crippen molar-refractivity contribution in [1.82, 2.24) is 15.5 Å². The van der Waals surface area contributed by atoms with Gasteiger partial charge in [-0.3, -0.25) is 4.90 Å². The number of nitrogens with zero attached hydrogens (tertiary/aromatic N) is 1. The lowest BCUT2D eigenvalue weighted by atomic mass is 10.0. The van der Waals surface area contributed by atoms with Crippen molar-refractivity contribution in [2.75, 3.05) is 26.2 Å². The molecule has 1 aliphatic rings. The number of nitrogens with one attached hydrogen (secondary N) is 2. The summed E-state index contributed by atoms with van der Waals surface area (Å²) in [5, 5.41) is 15.2. The molecule has 6 heteroatoms. The number of aliphatic hydroxyl groups is 1. The molecular formula is C18H31N3O3. The molecule has 2 atom stereocenters. The van der Waals surface area contributed by atoms with Gasteiger partial charge >= 0.3 is 6.03 Å². The van der Waals surface area contributed by atoms with Gasteiger partial charge < -0.3 is 20.2 Å². The average molecular weight is 337 g/mol. The van der Waals surface area contributed by atoms with Gasteiger partial charge in [0.15, 0.2) is 0 Å². The third-order valence-electron chi connectivity index (χ3n) is 4.44. The summed E-state index contributed by atoms with van der Waals surface area (Å²) in [6, 6.07) is 3.57. The van der Waals surface area contributed by atoms with Gasteiger partial charge in [0.25, 0.3) is 0 Å². The number of rotatable bonds is 8. The van der Waals surface area contributed by atoms with Crippen LogP contribution in [0.4, 0.5) is 4.79 Å². The summed E-state index contributed by atoms with van der Waals surface area (Å²) in [7, 11) is 0. The molecular weight excluding hydrogens is 306 g/mol. The van der Waals surface area contributed by atoms with Crippen molar-refractivity contribution >= 4 is 6.03 Å². The normalized spacial score (nSPS) is 17.9. The number of urea groups is 1. The Hall–Kier alpha value is -1.53. The molecule has 1 aromatic rings. The third-order valence-corrected chi connectivity index (χ3v) is 4.44. The van der Waals surface area contributed by atoms with Crippen LogP contribution in [0, 0.1) is 12.8 Å². The van der Waals surface area contributed by atoms with E-state index in [0.717, 1.165) is 31.0 Å². The zero-order chi connectivity index (χ0) is 17.5. The SMILES string of the molecule is Cc1ccc(C(CNC(=O)NC(CO)CC(C)C)N2CCCC2)o1. The number of hydrogen-bond acceptors (Lipinski definition) is 4. The first-order valence-corrected chi connectivity index (χ1v) is 8.95. The molecule has 1 aromatic heterocycles. The van der Waals surface area contributed by atoms with E-state index in [4.69, 9.17) is 4.42 Å². The summed E-state index contributed by atoms with van der Waals surface area (Å²) >= 11 is 0. The maximum absolute atomic E-state index is 12.2. The highest BCUT2D eigenvalue weighted by Crippen LogP contribution is 2.26. The van der Waals surface area contributed by atoms with Gasteiger partial charge in [0, 0.05) is 6.54 Å². The molecule has 24 heavy (non-hydrogen) atoms. The van der Waals surface area contributed by atoms with Gasteiger partial charge in [0.05, 0.1) is 18.7 Å². The Bertz CT molecular complexity index is 509. The minimum Gasteiger partial charge on any atom is -0.465 e. The second kappa shape index (κ2) is 9.08. The lowest BCUT2D eigenvalue weighted by Gasteiger charge is -2.26. The van der Waals surface area contributed by atoms with Crippen molar-refractivity contribution in [2.45, 2.75) is 52.1 Å². The van der Waals surface area contributed by atoms with E-state index in [0.29, 0.717) is 12.5 Å². The molecule has 0 aliphatic carbocycles. The second-order valence-electron chi connectivity index (χ2n) is 7.07. The van der Waals surface area contributed by atoms with Crippen LogP contribution in [-0.4, -0.2) is 48.3 Å². The van der Waals surface area contributed by atoms with Crippen LogP contribution in [-0.2, 0) is 0 Å². The fraction of sp³-hybridized carbons (Fsp3) is 0.722. The first kappa shape index (κ1) is 18.8. The first-order valence-electron chi connectivity index (χ1n) is 8.95. The average Bonchev–Trinajstić information content (AvgIpc) is 3.18. The van der Waals surface area contributed by atoms with E-state index < -0.39 is 0 Å². The van der Waals surface area contributed by atoms with Crippen LogP contribution in [0.15, 0.2) is 16.5 Å². The third kappa shape index (κ3) is 5.53. The lowest BCUT2D eigenvalue weighted by Crippen LogP contribution is -2.46. The Labute approximate surface area is 144 Å². The highest BCUT2D eigenvalue weighted by Gasteiger charge is 2.26. The highest BCUT2D eigenvalue weighted by molar-refractivity contribution is 5.74. The first-order chi connectivity index (χ1) is 11.5. The zero-order valence-corrected chi connectivity index (χ0v) is 15.0. The quantitative estimate of drug-likeness (QED) is 0.681. The van der Waals surface area contributed by atoms with E-state index in [1.54, 1.807) is 0 Å². The van der Waals surface area contributed by atoms with Crippen LogP contribution in [0.5, 0.6) is 0 Å². The van der Waals surface area contributed by atoms with Crippen molar-refractivity contribution < 1.29 is 14.3 Å². The molecule has 3 N–H and O–H groups in total. The van der Waals surface area contributed by atoms with Crippen molar-refractivity contribution in [3.8, 4) is 0 Å². The minimum atomic E-state index is -0.234. The van der Waals surface area contributed by atoms with Crippen LogP contribution in [0.3, 0.4) is 0 Å². The van der Waals surface area contributed by atoms with Gasteiger partial charge in [-0.15, -0.1) is 0 Å². The Balaban J connectivity index is 1.91. The maximum atomic E-state index is 12.2. The summed E-state index contributed by atoms with van der Waals surface area (Å²) in [6.07, 6.45) is 3.13. The fourth-order valence-corrected chi connectivity index (χ4v) is 3.27. The summed E-state index contributed by atoms with van der Waals surface area (Å²) in [4.78, 5) is 14.5. The smallest absolute Gasteiger partial charge is 0.315 e. The monoisotopic (exact) mass is 337 g/mol. The predicted molar refractivity (Wildman–Crippen MR) is 93.9 cm³/mol. The van der Waals surface area contributed by atoms with Gasteiger partial charge in [-0.2, -0.15) is 0 Å². The molecule has 0 radical (unpaired) electrons. The van der Waals surface area contributed by atoms with Crippen LogP contribution < -0.4 is 10.6 Å². The highest BCUT2D eigenvalue weighted by atomic mass is 16.3. The van der Waals surface area contributed by atoms with Crippen LogP contribution in [0.1, 0.15) is 50.7 Å². The zero-order valence-electron chi connectivity index (χ0n) is 15.0. The van der Waals surface area contributed by atoms with Crippen molar-refractivity contribution in [2.24, 2.45) is 5.92 Å². The molecule has 0 saturated carbocycles. The molecule has 1 aliphatic heterocycles. The van der Waals surface area contributed by atoms with E-state index in [-0.39, 0.29) is 24.7 Å².